The van der Waals surface area contributed by atoms with Gasteiger partial charge in [0.1, 0.15) is 0 Å². The number of thiophene rings is 1. The van der Waals surface area contributed by atoms with E-state index >= 15 is 0 Å². The summed E-state index contributed by atoms with van der Waals surface area (Å²) in [5.41, 5.74) is 1.36. The first-order chi connectivity index (χ1) is 13.2. The number of nitrogens with one attached hydrogen (secondary N) is 1. The first kappa shape index (κ1) is 20.1. The van der Waals surface area contributed by atoms with Crippen LogP contribution >= 0.6 is 11.3 Å². The van der Waals surface area contributed by atoms with E-state index in [9.17, 15) is 4.79 Å². The minimum atomic E-state index is 0.145. The van der Waals surface area contributed by atoms with Crippen LogP contribution < -0.4 is 5.32 Å². The highest BCUT2D eigenvalue weighted by Gasteiger charge is 2.30. The van der Waals surface area contributed by atoms with Gasteiger partial charge in [0.05, 0.1) is 13.2 Å². The summed E-state index contributed by atoms with van der Waals surface area (Å²) in [5, 5.41) is 7.75. The fourth-order valence-electron chi connectivity index (χ4n) is 3.69. The Morgan fingerprint density at radius 3 is 2.67 bits per heavy atom. The molecule has 0 aliphatic carbocycles. The zero-order valence-corrected chi connectivity index (χ0v) is 17.3. The average Bonchev–Trinajstić information content (AvgIpc) is 3.26. The lowest BCUT2D eigenvalue weighted by Crippen LogP contribution is -2.50. The molecule has 0 radical (unpaired) electrons. The van der Waals surface area contributed by atoms with Crippen molar-refractivity contribution in [3.8, 4) is 0 Å². The minimum absolute atomic E-state index is 0.145. The van der Waals surface area contributed by atoms with Gasteiger partial charge < -0.3 is 19.9 Å². The van der Waals surface area contributed by atoms with Crippen LogP contribution in [0.25, 0.3) is 0 Å². The zero-order valence-electron chi connectivity index (χ0n) is 16.5. The molecule has 1 amide bonds. The Morgan fingerprint density at radius 2 is 2.04 bits per heavy atom. The molecule has 2 aliphatic rings. The highest BCUT2D eigenvalue weighted by Crippen LogP contribution is 2.21. The van der Waals surface area contributed by atoms with Crippen molar-refractivity contribution in [2.75, 3.05) is 52.5 Å². The standard InChI is InChI=1S/C20H32N4O2S/c1-3-21-20(22-14-16(2)18-6-13-27-15-18)24-7-4-17(5-8-24)19(25)23-9-11-26-12-10-23/h6,13,15-17H,3-5,7-12,14H2,1-2H3,(H,21,22). The Kier molecular flexibility index (Phi) is 7.52. The number of rotatable bonds is 5. The topological polar surface area (TPSA) is 57.2 Å². The number of piperidine rings is 1. The fourth-order valence-corrected chi connectivity index (χ4v) is 4.47. The molecule has 0 saturated carbocycles. The van der Waals surface area contributed by atoms with Crippen molar-refractivity contribution in [3.05, 3.63) is 22.4 Å². The second-order valence-corrected chi connectivity index (χ2v) is 8.13. The number of amides is 1. The van der Waals surface area contributed by atoms with E-state index in [0.717, 1.165) is 58.1 Å². The van der Waals surface area contributed by atoms with E-state index in [4.69, 9.17) is 9.73 Å². The van der Waals surface area contributed by atoms with Crippen molar-refractivity contribution in [1.29, 1.82) is 0 Å². The molecule has 0 aromatic carbocycles. The lowest BCUT2D eigenvalue weighted by Gasteiger charge is -2.36. The molecule has 0 bridgehead atoms. The second kappa shape index (κ2) is 10.1. The summed E-state index contributed by atoms with van der Waals surface area (Å²) >= 11 is 1.74. The monoisotopic (exact) mass is 392 g/mol. The minimum Gasteiger partial charge on any atom is -0.378 e. The summed E-state index contributed by atoms with van der Waals surface area (Å²) < 4.78 is 5.36. The molecule has 1 N–H and O–H groups in total. The van der Waals surface area contributed by atoms with Crippen LogP contribution in [-0.4, -0.2) is 74.1 Å². The fraction of sp³-hybridized carbons (Fsp3) is 0.700. The SMILES string of the molecule is CCNC(=NCC(C)c1ccsc1)N1CCC(C(=O)N2CCOCC2)CC1. The van der Waals surface area contributed by atoms with Gasteiger partial charge in [0, 0.05) is 51.1 Å². The van der Waals surface area contributed by atoms with E-state index in [0.29, 0.717) is 25.0 Å². The number of likely N-dealkylation sites (tertiary alicyclic amines) is 1. The molecule has 0 spiro atoms. The van der Waals surface area contributed by atoms with Gasteiger partial charge in [0.25, 0.3) is 0 Å². The van der Waals surface area contributed by atoms with Crippen LogP contribution in [0, 0.1) is 5.92 Å². The third-order valence-electron chi connectivity index (χ3n) is 5.43. The second-order valence-electron chi connectivity index (χ2n) is 7.35. The van der Waals surface area contributed by atoms with Gasteiger partial charge in [0.2, 0.25) is 5.91 Å². The molecule has 1 atom stereocenters. The molecule has 2 aliphatic heterocycles. The Bertz CT molecular complexity index is 606. The molecule has 27 heavy (non-hydrogen) atoms. The van der Waals surface area contributed by atoms with Gasteiger partial charge in [-0.1, -0.05) is 6.92 Å². The molecule has 1 aromatic rings. The van der Waals surface area contributed by atoms with Crippen LogP contribution in [0.1, 0.15) is 38.2 Å². The third kappa shape index (κ3) is 5.45. The predicted molar refractivity (Wildman–Crippen MR) is 110 cm³/mol. The van der Waals surface area contributed by atoms with Gasteiger partial charge in [0.15, 0.2) is 5.96 Å². The normalized spacial score (nSPS) is 20.6. The van der Waals surface area contributed by atoms with Crippen molar-refractivity contribution in [2.45, 2.75) is 32.6 Å². The van der Waals surface area contributed by atoms with Crippen LogP contribution in [0.5, 0.6) is 0 Å². The van der Waals surface area contributed by atoms with Gasteiger partial charge in [-0.3, -0.25) is 9.79 Å². The highest BCUT2D eigenvalue weighted by molar-refractivity contribution is 7.07. The molecule has 1 aromatic heterocycles. The van der Waals surface area contributed by atoms with E-state index in [2.05, 4.69) is 40.9 Å². The highest BCUT2D eigenvalue weighted by atomic mass is 32.1. The number of aliphatic imine (C=N–C) groups is 1. The molecule has 3 heterocycles. The number of hydrogen-bond donors (Lipinski definition) is 1. The van der Waals surface area contributed by atoms with E-state index in [1.165, 1.54) is 5.56 Å². The van der Waals surface area contributed by atoms with Crippen molar-refractivity contribution >= 4 is 23.2 Å². The Morgan fingerprint density at radius 1 is 1.30 bits per heavy atom. The number of nitrogens with zero attached hydrogens (tertiary/aromatic N) is 3. The van der Waals surface area contributed by atoms with Gasteiger partial charge >= 0.3 is 0 Å². The van der Waals surface area contributed by atoms with Gasteiger partial charge in [-0.15, -0.1) is 0 Å². The van der Waals surface area contributed by atoms with Crippen molar-refractivity contribution in [2.24, 2.45) is 10.9 Å². The molecule has 1 unspecified atom stereocenters. The summed E-state index contributed by atoms with van der Waals surface area (Å²) in [4.78, 5) is 21.9. The Hall–Kier alpha value is -1.60. The lowest BCUT2D eigenvalue weighted by molar-refractivity contribution is -0.140. The maximum Gasteiger partial charge on any atom is 0.225 e. The molecule has 7 heteroatoms. The first-order valence-electron chi connectivity index (χ1n) is 10.1. The molecule has 2 saturated heterocycles. The molecule has 6 nitrogen and oxygen atoms in total. The largest absolute Gasteiger partial charge is 0.378 e. The number of guanidine groups is 1. The number of hydrogen-bond acceptors (Lipinski definition) is 4. The average molecular weight is 393 g/mol. The summed E-state index contributed by atoms with van der Waals surface area (Å²) in [6.07, 6.45) is 1.81. The van der Waals surface area contributed by atoms with Crippen molar-refractivity contribution in [1.82, 2.24) is 15.1 Å². The Labute approximate surface area is 166 Å². The third-order valence-corrected chi connectivity index (χ3v) is 6.13. The Balaban J connectivity index is 1.53. The van der Waals surface area contributed by atoms with E-state index in [-0.39, 0.29) is 5.92 Å². The molecular formula is C20H32N4O2S. The van der Waals surface area contributed by atoms with E-state index in [1.807, 2.05) is 4.90 Å². The van der Waals surface area contributed by atoms with Crippen LogP contribution in [-0.2, 0) is 9.53 Å². The quantitative estimate of drug-likeness (QED) is 0.617. The van der Waals surface area contributed by atoms with E-state index < -0.39 is 0 Å². The van der Waals surface area contributed by atoms with Crippen molar-refractivity contribution < 1.29 is 9.53 Å². The number of morpholine rings is 1. The maximum atomic E-state index is 12.7. The summed E-state index contributed by atoms with van der Waals surface area (Å²) in [6.45, 7) is 10.6. The molecular weight excluding hydrogens is 360 g/mol. The van der Waals surface area contributed by atoms with Crippen LogP contribution in [0.3, 0.4) is 0 Å². The number of carbonyl (C=O) groups is 1. The molecule has 3 rings (SSSR count). The van der Waals surface area contributed by atoms with Crippen molar-refractivity contribution in [3.63, 3.8) is 0 Å². The van der Waals surface area contributed by atoms with Crippen LogP contribution in [0.15, 0.2) is 21.8 Å². The zero-order chi connectivity index (χ0) is 19.1. The van der Waals surface area contributed by atoms with Gasteiger partial charge in [-0.05, 0) is 42.2 Å². The smallest absolute Gasteiger partial charge is 0.225 e. The predicted octanol–water partition coefficient (Wildman–Crippen LogP) is 2.39. The number of carbonyl (C=O) groups excluding carboxylic acids is 1. The maximum absolute atomic E-state index is 12.7. The molecule has 2 fully saturated rings. The van der Waals surface area contributed by atoms with Crippen LogP contribution in [0.2, 0.25) is 0 Å². The van der Waals surface area contributed by atoms with E-state index in [1.54, 1.807) is 11.3 Å². The van der Waals surface area contributed by atoms with Gasteiger partial charge in [-0.25, -0.2) is 0 Å². The molecule has 150 valence electrons. The van der Waals surface area contributed by atoms with Gasteiger partial charge in [-0.2, -0.15) is 11.3 Å². The lowest BCUT2D eigenvalue weighted by atomic mass is 9.95. The van der Waals surface area contributed by atoms with Crippen LogP contribution in [0.4, 0.5) is 0 Å². The summed E-state index contributed by atoms with van der Waals surface area (Å²) in [7, 11) is 0. The first-order valence-corrected chi connectivity index (χ1v) is 11.0. The summed E-state index contributed by atoms with van der Waals surface area (Å²) in [5.74, 6) is 1.86. The summed E-state index contributed by atoms with van der Waals surface area (Å²) in [6, 6.07) is 2.18. The number of ether oxygens (including phenoxy) is 1.